The van der Waals surface area contributed by atoms with E-state index in [0.717, 1.165) is 44.9 Å². The minimum Gasteiger partial charge on any atom is -0.342 e. The van der Waals surface area contributed by atoms with E-state index in [1.165, 1.54) is 0 Å². The predicted molar refractivity (Wildman–Crippen MR) is 69.9 cm³/mol. The van der Waals surface area contributed by atoms with Gasteiger partial charge in [-0.3, -0.25) is 4.79 Å². The molecule has 0 bridgehead atoms. The van der Waals surface area contributed by atoms with E-state index < -0.39 is 0 Å². The number of piperidine rings is 1. The first-order valence-electron chi connectivity index (χ1n) is 6.14. The van der Waals surface area contributed by atoms with Gasteiger partial charge in [-0.15, -0.1) is 12.4 Å². The maximum absolute atomic E-state index is 11.7. The van der Waals surface area contributed by atoms with Gasteiger partial charge in [-0.1, -0.05) is 20.8 Å². The van der Waals surface area contributed by atoms with E-state index in [4.69, 9.17) is 0 Å². The van der Waals surface area contributed by atoms with Crippen LogP contribution in [0.15, 0.2) is 0 Å². The van der Waals surface area contributed by atoms with Crippen LogP contribution in [0.3, 0.4) is 0 Å². The highest BCUT2D eigenvalue weighted by molar-refractivity contribution is 5.85. The normalized spacial score (nSPS) is 17.4. The molecule has 1 saturated heterocycles. The number of nitrogens with zero attached hydrogens (tertiary/aromatic N) is 1. The van der Waals surface area contributed by atoms with Crippen molar-refractivity contribution in [3.05, 3.63) is 0 Å². The number of likely N-dealkylation sites (tertiary alicyclic amines) is 1. The molecule has 0 aliphatic carbocycles. The van der Waals surface area contributed by atoms with Crippen LogP contribution in [0.25, 0.3) is 0 Å². The molecule has 0 aromatic carbocycles. The summed E-state index contributed by atoms with van der Waals surface area (Å²) in [5.41, 5.74) is 0. The van der Waals surface area contributed by atoms with Crippen molar-refractivity contribution in [2.24, 2.45) is 11.8 Å². The Hall–Kier alpha value is -0.280. The second kappa shape index (κ2) is 7.91. The minimum absolute atomic E-state index is 0. The average molecular weight is 249 g/mol. The zero-order chi connectivity index (χ0) is 11.3. The lowest BCUT2D eigenvalue weighted by Crippen LogP contribution is -2.42. The van der Waals surface area contributed by atoms with E-state index in [2.05, 4.69) is 12.2 Å². The molecule has 96 valence electrons. The summed E-state index contributed by atoms with van der Waals surface area (Å²) in [6, 6.07) is 0. The fourth-order valence-corrected chi connectivity index (χ4v) is 2.07. The van der Waals surface area contributed by atoms with Crippen molar-refractivity contribution < 1.29 is 4.79 Å². The first-order chi connectivity index (χ1) is 7.15. The smallest absolute Gasteiger partial charge is 0.225 e. The van der Waals surface area contributed by atoms with E-state index in [1.807, 2.05) is 18.7 Å². The molecule has 0 atom stereocenters. The van der Waals surface area contributed by atoms with E-state index in [9.17, 15) is 4.79 Å². The summed E-state index contributed by atoms with van der Waals surface area (Å²) in [6.07, 6.45) is 2.32. The molecule has 1 aliphatic heterocycles. The highest BCUT2D eigenvalue weighted by atomic mass is 35.5. The van der Waals surface area contributed by atoms with Crippen LogP contribution < -0.4 is 5.32 Å². The van der Waals surface area contributed by atoms with Crippen molar-refractivity contribution in [1.82, 2.24) is 10.2 Å². The summed E-state index contributed by atoms with van der Waals surface area (Å²) in [5, 5.41) is 3.38. The zero-order valence-electron chi connectivity index (χ0n) is 10.7. The van der Waals surface area contributed by atoms with Gasteiger partial charge in [0.05, 0.1) is 0 Å². The Labute approximate surface area is 105 Å². The summed E-state index contributed by atoms with van der Waals surface area (Å²) in [4.78, 5) is 13.7. The highest BCUT2D eigenvalue weighted by Gasteiger charge is 2.23. The third-order valence-corrected chi connectivity index (χ3v) is 3.10. The lowest BCUT2D eigenvalue weighted by molar-refractivity contribution is -0.135. The molecule has 1 fully saturated rings. The average Bonchev–Trinajstić information content (AvgIpc) is 2.26. The van der Waals surface area contributed by atoms with Crippen LogP contribution in [0.2, 0.25) is 0 Å². The highest BCUT2D eigenvalue weighted by Crippen LogP contribution is 2.17. The third kappa shape index (κ3) is 4.71. The maximum Gasteiger partial charge on any atom is 0.225 e. The first kappa shape index (κ1) is 15.7. The van der Waals surface area contributed by atoms with E-state index >= 15 is 0 Å². The van der Waals surface area contributed by atoms with Gasteiger partial charge in [0.15, 0.2) is 0 Å². The zero-order valence-corrected chi connectivity index (χ0v) is 11.5. The van der Waals surface area contributed by atoms with Gasteiger partial charge in [0, 0.05) is 19.0 Å². The number of nitrogens with one attached hydrogen (secondary N) is 1. The molecule has 1 heterocycles. The Morgan fingerprint density at radius 3 is 2.38 bits per heavy atom. The van der Waals surface area contributed by atoms with Crippen molar-refractivity contribution in [2.45, 2.75) is 33.6 Å². The number of amides is 1. The molecule has 0 aromatic heterocycles. The Morgan fingerprint density at radius 1 is 1.38 bits per heavy atom. The molecule has 0 unspecified atom stereocenters. The van der Waals surface area contributed by atoms with Gasteiger partial charge >= 0.3 is 0 Å². The van der Waals surface area contributed by atoms with Gasteiger partial charge in [-0.2, -0.15) is 0 Å². The SMILES string of the molecule is CCNCC1CCN(C(=O)C(C)C)CC1.Cl. The Balaban J connectivity index is 0.00000225. The van der Waals surface area contributed by atoms with Gasteiger partial charge in [0.2, 0.25) is 5.91 Å². The Bertz CT molecular complexity index is 201. The minimum atomic E-state index is 0. The molecule has 0 radical (unpaired) electrons. The summed E-state index contributed by atoms with van der Waals surface area (Å²) >= 11 is 0. The molecule has 0 spiro atoms. The molecule has 0 saturated carbocycles. The van der Waals surface area contributed by atoms with Gasteiger partial charge < -0.3 is 10.2 Å². The van der Waals surface area contributed by atoms with Crippen molar-refractivity contribution >= 4 is 18.3 Å². The molecule has 1 rings (SSSR count). The number of halogens is 1. The van der Waals surface area contributed by atoms with Crippen molar-refractivity contribution in [2.75, 3.05) is 26.2 Å². The Morgan fingerprint density at radius 2 is 1.94 bits per heavy atom. The molecule has 16 heavy (non-hydrogen) atoms. The van der Waals surface area contributed by atoms with Crippen molar-refractivity contribution in [1.29, 1.82) is 0 Å². The van der Waals surface area contributed by atoms with Crippen LogP contribution in [0.4, 0.5) is 0 Å². The molecule has 0 aromatic rings. The summed E-state index contributed by atoms with van der Waals surface area (Å²) in [5.74, 6) is 1.23. The van der Waals surface area contributed by atoms with Crippen LogP contribution >= 0.6 is 12.4 Å². The molecule has 1 amide bonds. The van der Waals surface area contributed by atoms with Crippen LogP contribution in [0.5, 0.6) is 0 Å². The third-order valence-electron chi connectivity index (χ3n) is 3.10. The van der Waals surface area contributed by atoms with E-state index in [-0.39, 0.29) is 18.3 Å². The first-order valence-corrected chi connectivity index (χ1v) is 6.14. The Kier molecular flexibility index (Phi) is 7.77. The molecular weight excluding hydrogens is 224 g/mol. The molecule has 4 heteroatoms. The summed E-state index contributed by atoms with van der Waals surface area (Å²) in [7, 11) is 0. The fraction of sp³-hybridized carbons (Fsp3) is 0.917. The fourth-order valence-electron chi connectivity index (χ4n) is 2.07. The lowest BCUT2D eigenvalue weighted by Gasteiger charge is -2.33. The van der Waals surface area contributed by atoms with Gasteiger partial charge in [0.25, 0.3) is 0 Å². The second-order valence-electron chi connectivity index (χ2n) is 4.73. The van der Waals surface area contributed by atoms with E-state index in [1.54, 1.807) is 0 Å². The monoisotopic (exact) mass is 248 g/mol. The quantitative estimate of drug-likeness (QED) is 0.825. The molecule has 1 N–H and O–H groups in total. The largest absolute Gasteiger partial charge is 0.342 e. The van der Waals surface area contributed by atoms with Crippen LogP contribution in [-0.4, -0.2) is 37.0 Å². The number of hydrogen-bond acceptors (Lipinski definition) is 2. The molecule has 1 aliphatic rings. The molecular formula is C12H25ClN2O. The van der Waals surface area contributed by atoms with Crippen LogP contribution in [-0.2, 0) is 4.79 Å². The maximum atomic E-state index is 11.7. The van der Waals surface area contributed by atoms with E-state index in [0.29, 0.717) is 5.91 Å². The summed E-state index contributed by atoms with van der Waals surface area (Å²) < 4.78 is 0. The van der Waals surface area contributed by atoms with Gasteiger partial charge in [-0.25, -0.2) is 0 Å². The van der Waals surface area contributed by atoms with Crippen molar-refractivity contribution in [3.8, 4) is 0 Å². The van der Waals surface area contributed by atoms with Crippen LogP contribution in [0, 0.1) is 11.8 Å². The number of carbonyl (C=O) groups excluding carboxylic acids is 1. The standard InChI is InChI=1S/C12H24N2O.ClH/c1-4-13-9-11-5-7-14(8-6-11)12(15)10(2)3;/h10-11,13H,4-9H2,1-3H3;1H. The van der Waals surface area contributed by atoms with Crippen molar-refractivity contribution in [3.63, 3.8) is 0 Å². The summed E-state index contributed by atoms with van der Waals surface area (Å²) in [6.45, 7) is 10.2. The number of rotatable bonds is 4. The second-order valence-corrected chi connectivity index (χ2v) is 4.73. The van der Waals surface area contributed by atoms with Gasteiger partial charge in [0.1, 0.15) is 0 Å². The molecule has 3 nitrogen and oxygen atoms in total. The lowest BCUT2D eigenvalue weighted by atomic mass is 9.96. The predicted octanol–water partition coefficient (Wildman–Crippen LogP) is 1.91. The number of hydrogen-bond donors (Lipinski definition) is 1. The van der Waals surface area contributed by atoms with Gasteiger partial charge in [-0.05, 0) is 31.8 Å². The topological polar surface area (TPSA) is 32.3 Å². The van der Waals surface area contributed by atoms with Crippen LogP contribution in [0.1, 0.15) is 33.6 Å². The number of carbonyl (C=O) groups is 1.